The van der Waals surface area contributed by atoms with Crippen LogP contribution in [0.5, 0.6) is 0 Å². The van der Waals surface area contributed by atoms with E-state index in [4.69, 9.17) is 4.74 Å². The van der Waals surface area contributed by atoms with E-state index in [9.17, 15) is 14.0 Å². The molecule has 2 aromatic carbocycles. The lowest BCUT2D eigenvalue weighted by atomic mass is 10.2. The van der Waals surface area contributed by atoms with Gasteiger partial charge in [-0.15, -0.1) is 0 Å². The number of halogens is 1. The third-order valence-corrected chi connectivity index (χ3v) is 2.77. The number of carbonyl (C=O) groups is 2. The maximum absolute atomic E-state index is 12.8. The van der Waals surface area contributed by atoms with Crippen molar-refractivity contribution in [3.05, 3.63) is 59.9 Å². The Morgan fingerprint density at radius 2 is 1.50 bits per heavy atom. The smallest absolute Gasteiger partial charge is 0.411 e. The zero-order valence-electron chi connectivity index (χ0n) is 11.9. The van der Waals surface area contributed by atoms with Gasteiger partial charge in [0.15, 0.2) is 0 Å². The number of hydrogen-bond donors (Lipinski definition) is 2. The van der Waals surface area contributed by atoms with Crippen LogP contribution in [0.25, 0.3) is 0 Å². The van der Waals surface area contributed by atoms with E-state index in [0.717, 1.165) is 0 Å². The first-order chi connectivity index (χ1) is 10.6. The van der Waals surface area contributed by atoms with Gasteiger partial charge < -0.3 is 10.1 Å². The molecule has 0 aliphatic carbocycles. The van der Waals surface area contributed by atoms with Gasteiger partial charge in [0.25, 0.3) is 5.91 Å². The number of amides is 2. The van der Waals surface area contributed by atoms with E-state index >= 15 is 0 Å². The Bertz CT molecular complexity index is 654. The Balaban J connectivity index is 1.98. The molecule has 0 heterocycles. The molecule has 0 aliphatic rings. The lowest BCUT2D eigenvalue weighted by Crippen LogP contribution is -2.14. The van der Waals surface area contributed by atoms with Crippen molar-refractivity contribution in [3.8, 4) is 0 Å². The summed E-state index contributed by atoms with van der Waals surface area (Å²) in [5.74, 6) is -0.693. The summed E-state index contributed by atoms with van der Waals surface area (Å²) < 4.78 is 17.5. The molecule has 0 aliphatic heterocycles. The van der Waals surface area contributed by atoms with Crippen LogP contribution in [-0.2, 0) is 4.74 Å². The lowest BCUT2D eigenvalue weighted by molar-refractivity contribution is 0.102. The molecule has 2 rings (SSSR count). The van der Waals surface area contributed by atoms with E-state index in [0.29, 0.717) is 16.9 Å². The fraction of sp³-hybridized carbons (Fsp3) is 0.125. The Morgan fingerprint density at radius 1 is 0.955 bits per heavy atom. The highest BCUT2D eigenvalue weighted by Crippen LogP contribution is 2.13. The Labute approximate surface area is 127 Å². The van der Waals surface area contributed by atoms with Crippen LogP contribution < -0.4 is 10.6 Å². The topological polar surface area (TPSA) is 67.4 Å². The first kappa shape index (κ1) is 15.5. The Hall–Kier alpha value is -2.89. The molecule has 22 heavy (non-hydrogen) atoms. The molecule has 6 heteroatoms. The highest BCUT2D eigenvalue weighted by molar-refractivity contribution is 6.04. The Kier molecular flexibility index (Phi) is 5.08. The second kappa shape index (κ2) is 7.21. The number of anilines is 2. The molecule has 2 amide bonds. The van der Waals surface area contributed by atoms with Crippen molar-refractivity contribution in [1.82, 2.24) is 0 Å². The number of carbonyl (C=O) groups excluding carboxylic acids is 2. The highest BCUT2D eigenvalue weighted by atomic mass is 19.1. The van der Waals surface area contributed by atoms with Crippen molar-refractivity contribution in [2.75, 3.05) is 17.2 Å². The maximum atomic E-state index is 12.8. The van der Waals surface area contributed by atoms with Crippen LogP contribution in [0.15, 0.2) is 48.5 Å². The maximum Gasteiger partial charge on any atom is 0.411 e. The minimum absolute atomic E-state index is 0.282. The van der Waals surface area contributed by atoms with Crippen molar-refractivity contribution in [2.45, 2.75) is 6.92 Å². The fourth-order valence-electron chi connectivity index (χ4n) is 1.73. The van der Waals surface area contributed by atoms with Crippen LogP contribution >= 0.6 is 0 Å². The van der Waals surface area contributed by atoms with Crippen LogP contribution in [0.2, 0.25) is 0 Å². The zero-order valence-corrected chi connectivity index (χ0v) is 11.9. The molecule has 114 valence electrons. The SMILES string of the molecule is CCOC(=O)Nc1ccc(C(=O)Nc2ccc(F)cc2)cc1. The van der Waals surface area contributed by atoms with Crippen molar-refractivity contribution in [1.29, 1.82) is 0 Å². The minimum Gasteiger partial charge on any atom is -0.450 e. The molecule has 0 aromatic heterocycles. The summed E-state index contributed by atoms with van der Waals surface area (Å²) in [6, 6.07) is 11.8. The summed E-state index contributed by atoms with van der Waals surface area (Å²) in [4.78, 5) is 23.3. The quantitative estimate of drug-likeness (QED) is 0.906. The molecule has 0 unspecified atom stereocenters. The predicted octanol–water partition coefficient (Wildman–Crippen LogP) is 3.65. The number of benzene rings is 2. The third-order valence-electron chi connectivity index (χ3n) is 2.77. The van der Waals surface area contributed by atoms with Crippen LogP contribution in [-0.4, -0.2) is 18.6 Å². The van der Waals surface area contributed by atoms with Gasteiger partial charge in [-0.3, -0.25) is 10.1 Å². The largest absolute Gasteiger partial charge is 0.450 e. The standard InChI is InChI=1S/C16H15FN2O3/c1-2-22-16(21)19-14-7-3-11(4-8-14)15(20)18-13-9-5-12(17)6-10-13/h3-10H,2H2,1H3,(H,18,20)(H,19,21). The van der Waals surface area contributed by atoms with Gasteiger partial charge in [0.1, 0.15) is 5.82 Å². The van der Waals surface area contributed by atoms with Gasteiger partial charge in [0, 0.05) is 16.9 Å². The van der Waals surface area contributed by atoms with E-state index in [1.807, 2.05) is 0 Å². The molecule has 0 saturated carbocycles. The van der Waals surface area contributed by atoms with E-state index in [2.05, 4.69) is 10.6 Å². The summed E-state index contributed by atoms with van der Waals surface area (Å²) in [5, 5.41) is 5.18. The van der Waals surface area contributed by atoms with Gasteiger partial charge in [-0.05, 0) is 55.5 Å². The zero-order chi connectivity index (χ0) is 15.9. The van der Waals surface area contributed by atoms with Crippen molar-refractivity contribution < 1.29 is 18.7 Å². The van der Waals surface area contributed by atoms with Crippen LogP contribution in [0, 0.1) is 5.82 Å². The second-order valence-corrected chi connectivity index (χ2v) is 4.38. The number of nitrogens with one attached hydrogen (secondary N) is 2. The van der Waals surface area contributed by atoms with Crippen molar-refractivity contribution in [2.24, 2.45) is 0 Å². The summed E-state index contributed by atoms with van der Waals surface area (Å²) in [6.07, 6.45) is -0.550. The normalized spacial score (nSPS) is 9.91. The average molecular weight is 302 g/mol. The molecule has 0 fully saturated rings. The number of rotatable bonds is 4. The molecular weight excluding hydrogens is 287 g/mol. The molecule has 0 spiro atoms. The summed E-state index contributed by atoms with van der Waals surface area (Å²) in [7, 11) is 0. The first-order valence-corrected chi connectivity index (χ1v) is 6.69. The molecule has 0 bridgehead atoms. The Morgan fingerprint density at radius 3 is 2.09 bits per heavy atom. The molecule has 0 saturated heterocycles. The molecule has 2 aromatic rings. The van der Waals surface area contributed by atoms with Crippen molar-refractivity contribution >= 4 is 23.4 Å². The predicted molar refractivity (Wildman–Crippen MR) is 81.4 cm³/mol. The van der Waals surface area contributed by atoms with Gasteiger partial charge in [-0.1, -0.05) is 0 Å². The van der Waals surface area contributed by atoms with E-state index < -0.39 is 6.09 Å². The molecule has 0 atom stereocenters. The molecule has 0 radical (unpaired) electrons. The third kappa shape index (κ3) is 4.31. The van der Waals surface area contributed by atoms with Crippen LogP contribution in [0.1, 0.15) is 17.3 Å². The van der Waals surface area contributed by atoms with Gasteiger partial charge >= 0.3 is 6.09 Å². The molecular formula is C16H15FN2O3. The number of ether oxygens (including phenoxy) is 1. The van der Waals surface area contributed by atoms with Gasteiger partial charge in [-0.25, -0.2) is 9.18 Å². The summed E-state index contributed by atoms with van der Waals surface area (Å²) in [5.41, 5.74) is 1.44. The minimum atomic E-state index is -0.550. The van der Waals surface area contributed by atoms with Gasteiger partial charge in [0.05, 0.1) is 6.61 Å². The van der Waals surface area contributed by atoms with Crippen LogP contribution in [0.3, 0.4) is 0 Å². The monoisotopic (exact) mass is 302 g/mol. The van der Waals surface area contributed by atoms with E-state index in [1.54, 1.807) is 31.2 Å². The molecule has 5 nitrogen and oxygen atoms in total. The average Bonchev–Trinajstić information content (AvgIpc) is 2.50. The van der Waals surface area contributed by atoms with Crippen LogP contribution in [0.4, 0.5) is 20.6 Å². The van der Waals surface area contributed by atoms with Crippen molar-refractivity contribution in [3.63, 3.8) is 0 Å². The van der Waals surface area contributed by atoms with Gasteiger partial charge in [0.2, 0.25) is 0 Å². The summed E-state index contributed by atoms with van der Waals surface area (Å²) in [6.45, 7) is 1.99. The summed E-state index contributed by atoms with van der Waals surface area (Å²) >= 11 is 0. The first-order valence-electron chi connectivity index (χ1n) is 6.69. The number of hydrogen-bond acceptors (Lipinski definition) is 3. The second-order valence-electron chi connectivity index (χ2n) is 4.38. The highest BCUT2D eigenvalue weighted by Gasteiger charge is 2.07. The lowest BCUT2D eigenvalue weighted by Gasteiger charge is -2.07. The van der Waals surface area contributed by atoms with Gasteiger partial charge in [-0.2, -0.15) is 0 Å². The van der Waals surface area contributed by atoms with E-state index in [-0.39, 0.29) is 18.3 Å². The van der Waals surface area contributed by atoms with E-state index in [1.165, 1.54) is 24.3 Å². The fourth-order valence-corrected chi connectivity index (χ4v) is 1.73. The molecule has 2 N–H and O–H groups in total.